The van der Waals surface area contributed by atoms with Gasteiger partial charge in [-0.15, -0.1) is 0 Å². The van der Waals surface area contributed by atoms with Crippen LogP contribution in [0, 0.1) is 6.92 Å². The first-order valence-electron chi connectivity index (χ1n) is 7.64. The van der Waals surface area contributed by atoms with Gasteiger partial charge in [0.15, 0.2) is 0 Å². The lowest BCUT2D eigenvalue weighted by Gasteiger charge is -2.15. The van der Waals surface area contributed by atoms with Crippen molar-refractivity contribution in [3.63, 3.8) is 0 Å². The third kappa shape index (κ3) is 3.85. The molecule has 0 aliphatic heterocycles. The van der Waals surface area contributed by atoms with E-state index in [1.54, 1.807) is 7.11 Å². The lowest BCUT2D eigenvalue weighted by atomic mass is 9.97. The summed E-state index contributed by atoms with van der Waals surface area (Å²) in [7, 11) is 1.70. The smallest absolute Gasteiger partial charge is 0.119 e. The lowest BCUT2D eigenvalue weighted by Crippen LogP contribution is -2.19. The van der Waals surface area contributed by atoms with Crippen molar-refractivity contribution in [2.45, 2.75) is 33.2 Å². The average Bonchev–Trinajstić information content (AvgIpc) is 2.52. The Morgan fingerprint density at radius 2 is 1.95 bits per heavy atom. The van der Waals surface area contributed by atoms with Crippen molar-refractivity contribution in [1.82, 2.24) is 5.32 Å². The van der Waals surface area contributed by atoms with Crippen LogP contribution in [0.2, 0.25) is 0 Å². The Kier molecular flexibility index (Phi) is 5.40. The molecule has 1 N–H and O–H groups in total. The third-order valence-electron chi connectivity index (χ3n) is 3.83. The van der Waals surface area contributed by atoms with Crippen LogP contribution in [-0.4, -0.2) is 13.7 Å². The number of nitrogens with one attached hydrogen (secondary N) is 1. The maximum Gasteiger partial charge on any atom is 0.119 e. The molecule has 0 heterocycles. The molecule has 21 heavy (non-hydrogen) atoms. The van der Waals surface area contributed by atoms with Gasteiger partial charge in [0.05, 0.1) is 7.11 Å². The van der Waals surface area contributed by atoms with Crippen molar-refractivity contribution < 1.29 is 4.74 Å². The van der Waals surface area contributed by atoms with Gasteiger partial charge in [-0.25, -0.2) is 0 Å². The van der Waals surface area contributed by atoms with Crippen LogP contribution in [0.3, 0.4) is 0 Å². The van der Waals surface area contributed by atoms with E-state index in [-0.39, 0.29) is 0 Å². The molecule has 0 saturated carbocycles. The monoisotopic (exact) mass is 283 g/mol. The largest absolute Gasteiger partial charge is 0.497 e. The SMILES string of the molecule is CCCNC(C)c1cccc(-c2ccc(OC)cc2C)c1. The van der Waals surface area contributed by atoms with Gasteiger partial charge in [-0.05, 0) is 67.3 Å². The number of hydrogen-bond acceptors (Lipinski definition) is 2. The highest BCUT2D eigenvalue weighted by atomic mass is 16.5. The van der Waals surface area contributed by atoms with Crippen molar-refractivity contribution >= 4 is 0 Å². The Morgan fingerprint density at radius 3 is 2.62 bits per heavy atom. The number of aryl methyl sites for hydroxylation is 1. The second-order valence-electron chi connectivity index (χ2n) is 5.48. The number of benzene rings is 2. The third-order valence-corrected chi connectivity index (χ3v) is 3.83. The molecule has 0 amide bonds. The molecule has 0 bridgehead atoms. The Hall–Kier alpha value is -1.80. The van der Waals surface area contributed by atoms with Crippen molar-refractivity contribution in [1.29, 1.82) is 0 Å². The second kappa shape index (κ2) is 7.28. The highest BCUT2D eigenvalue weighted by molar-refractivity contribution is 5.68. The lowest BCUT2D eigenvalue weighted by molar-refractivity contribution is 0.414. The summed E-state index contributed by atoms with van der Waals surface area (Å²) in [4.78, 5) is 0. The van der Waals surface area contributed by atoms with E-state index < -0.39 is 0 Å². The van der Waals surface area contributed by atoms with E-state index in [4.69, 9.17) is 4.74 Å². The van der Waals surface area contributed by atoms with Crippen LogP contribution in [0.1, 0.15) is 37.4 Å². The number of hydrogen-bond donors (Lipinski definition) is 1. The summed E-state index contributed by atoms with van der Waals surface area (Å²) >= 11 is 0. The van der Waals surface area contributed by atoms with Gasteiger partial charge in [0.25, 0.3) is 0 Å². The van der Waals surface area contributed by atoms with Crippen LogP contribution in [-0.2, 0) is 0 Å². The van der Waals surface area contributed by atoms with Crippen LogP contribution in [0.15, 0.2) is 42.5 Å². The number of methoxy groups -OCH3 is 1. The zero-order valence-electron chi connectivity index (χ0n) is 13.4. The Labute approximate surface area is 128 Å². The quantitative estimate of drug-likeness (QED) is 0.827. The minimum atomic E-state index is 0.378. The molecule has 0 aliphatic rings. The molecule has 112 valence electrons. The fourth-order valence-corrected chi connectivity index (χ4v) is 2.54. The maximum atomic E-state index is 5.28. The van der Waals surface area contributed by atoms with Crippen molar-refractivity contribution in [3.8, 4) is 16.9 Å². The summed E-state index contributed by atoms with van der Waals surface area (Å²) in [5.41, 5.74) is 5.09. The highest BCUT2D eigenvalue weighted by Gasteiger charge is 2.08. The molecule has 2 nitrogen and oxygen atoms in total. The van der Waals surface area contributed by atoms with Gasteiger partial charge in [0, 0.05) is 6.04 Å². The summed E-state index contributed by atoms with van der Waals surface area (Å²) in [6.45, 7) is 7.59. The highest BCUT2D eigenvalue weighted by Crippen LogP contribution is 2.28. The van der Waals surface area contributed by atoms with Crippen molar-refractivity contribution in [2.24, 2.45) is 0 Å². The molecule has 0 radical (unpaired) electrons. The topological polar surface area (TPSA) is 21.3 Å². The van der Waals surface area contributed by atoms with E-state index in [1.807, 2.05) is 6.07 Å². The molecule has 2 heteroatoms. The van der Waals surface area contributed by atoms with Crippen LogP contribution in [0.25, 0.3) is 11.1 Å². The molecule has 0 fully saturated rings. The van der Waals surface area contributed by atoms with E-state index in [9.17, 15) is 0 Å². The molecule has 2 aromatic carbocycles. The van der Waals surface area contributed by atoms with Crippen LogP contribution in [0.4, 0.5) is 0 Å². The summed E-state index contributed by atoms with van der Waals surface area (Å²) in [6.07, 6.45) is 1.15. The Balaban J connectivity index is 2.28. The number of rotatable bonds is 6. The van der Waals surface area contributed by atoms with E-state index in [0.717, 1.165) is 18.7 Å². The van der Waals surface area contributed by atoms with Crippen LogP contribution in [0.5, 0.6) is 5.75 Å². The molecule has 0 aliphatic carbocycles. The molecular weight excluding hydrogens is 258 g/mol. The van der Waals surface area contributed by atoms with Gasteiger partial charge in [0.1, 0.15) is 5.75 Å². The zero-order chi connectivity index (χ0) is 15.2. The average molecular weight is 283 g/mol. The molecule has 0 saturated heterocycles. The minimum absolute atomic E-state index is 0.378. The van der Waals surface area contributed by atoms with Gasteiger partial charge < -0.3 is 10.1 Å². The number of ether oxygens (including phenoxy) is 1. The zero-order valence-corrected chi connectivity index (χ0v) is 13.4. The first kappa shape index (κ1) is 15.6. The van der Waals surface area contributed by atoms with Crippen LogP contribution < -0.4 is 10.1 Å². The van der Waals surface area contributed by atoms with Crippen molar-refractivity contribution in [3.05, 3.63) is 53.6 Å². The van der Waals surface area contributed by atoms with E-state index >= 15 is 0 Å². The van der Waals surface area contributed by atoms with E-state index in [1.165, 1.54) is 22.3 Å². The fourth-order valence-electron chi connectivity index (χ4n) is 2.54. The van der Waals surface area contributed by atoms with E-state index in [0.29, 0.717) is 6.04 Å². The molecule has 2 rings (SSSR count). The predicted molar refractivity (Wildman–Crippen MR) is 89.9 cm³/mol. The summed E-state index contributed by atoms with van der Waals surface area (Å²) < 4.78 is 5.28. The van der Waals surface area contributed by atoms with Gasteiger partial charge in [-0.3, -0.25) is 0 Å². The normalized spacial score (nSPS) is 12.2. The summed E-state index contributed by atoms with van der Waals surface area (Å²) in [5, 5.41) is 3.54. The van der Waals surface area contributed by atoms with Gasteiger partial charge in [0.2, 0.25) is 0 Å². The van der Waals surface area contributed by atoms with Gasteiger partial charge >= 0.3 is 0 Å². The molecule has 2 aromatic rings. The molecule has 0 spiro atoms. The first-order valence-corrected chi connectivity index (χ1v) is 7.64. The minimum Gasteiger partial charge on any atom is -0.497 e. The molecule has 0 aromatic heterocycles. The van der Waals surface area contributed by atoms with Gasteiger partial charge in [-0.2, -0.15) is 0 Å². The van der Waals surface area contributed by atoms with Crippen molar-refractivity contribution in [2.75, 3.05) is 13.7 Å². The predicted octanol–water partition coefficient (Wildman–Crippen LogP) is 4.73. The Bertz CT molecular complexity index is 592. The Morgan fingerprint density at radius 1 is 1.14 bits per heavy atom. The second-order valence-corrected chi connectivity index (χ2v) is 5.48. The summed E-state index contributed by atoms with van der Waals surface area (Å²) in [5.74, 6) is 0.908. The molecule has 1 unspecified atom stereocenters. The molecule has 1 atom stereocenters. The summed E-state index contributed by atoms with van der Waals surface area (Å²) in [6, 6.07) is 15.4. The fraction of sp³-hybridized carbons (Fsp3) is 0.368. The maximum absolute atomic E-state index is 5.28. The van der Waals surface area contributed by atoms with Gasteiger partial charge in [-0.1, -0.05) is 31.2 Å². The molecular formula is C19H25NO. The first-order chi connectivity index (χ1) is 10.2. The van der Waals surface area contributed by atoms with Crippen LogP contribution >= 0.6 is 0 Å². The standard InChI is InChI=1S/C19H25NO/c1-5-11-20-15(3)16-7-6-8-17(13-16)19-10-9-18(21-4)12-14(19)2/h6-10,12-13,15,20H,5,11H2,1-4H3. The van der Waals surface area contributed by atoms with E-state index in [2.05, 4.69) is 62.5 Å².